The zero-order valence-electron chi connectivity index (χ0n) is 57.7. The summed E-state index contributed by atoms with van der Waals surface area (Å²) in [6.07, 6.45) is 11.3. The molecule has 0 saturated carbocycles. The first-order valence-electron chi connectivity index (χ1n) is 29.6. The second kappa shape index (κ2) is 39.5. The van der Waals surface area contributed by atoms with Gasteiger partial charge in [0.25, 0.3) is 0 Å². The van der Waals surface area contributed by atoms with Gasteiger partial charge in [-0.15, -0.1) is 22.7 Å². The highest BCUT2D eigenvalue weighted by molar-refractivity contribution is 7.93. The van der Waals surface area contributed by atoms with E-state index in [2.05, 4.69) is 60.5 Å². The predicted molar refractivity (Wildman–Crippen MR) is 447 cm³/mol. The first kappa shape index (κ1) is 91.3. The summed E-state index contributed by atoms with van der Waals surface area (Å²) in [5.74, 6) is 0.350. The SMILES string of the molecule is C.CN(c1c(N)ccc2nccnc12)S(C)(=O)=O.CN(c1ccc(F)cc1N)S(C)(=O)=O.CN(c1ccccc1N)S(C)(=O)=O.CN(c1ccccc1Nc1nc(Cl)nc2ccsc12)S(C)(=O)=O.CN(c1ccccc1Nc1nc(Cl)ncc1Cl)S(C)(=O)=O.Clc1nc(Cl)c2sccc2n1.Clc1ncc(Cl)c(Cl)n1. The van der Waals surface area contributed by atoms with Crippen LogP contribution in [0.1, 0.15) is 7.43 Å². The van der Waals surface area contributed by atoms with Gasteiger partial charge in [-0.25, -0.2) is 76.4 Å². The predicted octanol–water partition coefficient (Wildman–Crippen LogP) is 14.6. The van der Waals surface area contributed by atoms with Crippen molar-refractivity contribution in [1.82, 2.24) is 49.8 Å². The zero-order valence-corrected chi connectivity index (χ0v) is 69.5. The Labute approximate surface area is 677 Å². The maximum absolute atomic E-state index is 12.7. The van der Waals surface area contributed by atoms with Gasteiger partial charge in [-0.3, -0.25) is 31.5 Å². The third-order valence-corrected chi connectivity index (χ3v) is 23.7. The molecule has 0 aliphatic heterocycles. The van der Waals surface area contributed by atoms with Gasteiger partial charge in [-0.05, 0) is 136 Å². The molecule has 0 atom stereocenters. The highest BCUT2D eigenvalue weighted by Gasteiger charge is 2.22. The van der Waals surface area contributed by atoms with Crippen LogP contribution in [0.3, 0.4) is 0 Å². The van der Waals surface area contributed by atoms with Gasteiger partial charge in [0.15, 0.2) is 21.9 Å². The largest absolute Gasteiger partial charge is 0.397 e. The molecule has 7 aromatic heterocycles. The molecule has 0 saturated heterocycles. The van der Waals surface area contributed by atoms with Crippen LogP contribution in [0.5, 0.6) is 0 Å². The van der Waals surface area contributed by atoms with Crippen LogP contribution in [-0.2, 0) is 50.1 Å². The lowest BCUT2D eigenvalue weighted by Crippen LogP contribution is -2.26. The number of nitrogens with one attached hydrogen (secondary N) is 2. The van der Waals surface area contributed by atoms with Crippen molar-refractivity contribution in [3.8, 4) is 0 Å². The first-order chi connectivity index (χ1) is 50.3. The van der Waals surface area contributed by atoms with Crippen LogP contribution in [0.2, 0.25) is 41.5 Å². The molecular weight excluding hydrogens is 1720 g/mol. The van der Waals surface area contributed by atoms with Crippen LogP contribution in [0.25, 0.3) is 31.5 Å². The third-order valence-electron chi connectivity index (χ3n) is 13.9. The summed E-state index contributed by atoms with van der Waals surface area (Å²) in [7, 11) is -9.49. The number of nitrogens with two attached hydrogens (primary N) is 3. The molecule has 12 rings (SSSR count). The van der Waals surface area contributed by atoms with Crippen LogP contribution in [-0.4, -0.2) is 158 Å². The lowest BCUT2D eigenvalue weighted by atomic mass is 10.2. The normalized spacial score (nSPS) is 11.1. The van der Waals surface area contributed by atoms with Gasteiger partial charge in [0, 0.05) is 47.6 Å². The van der Waals surface area contributed by atoms with E-state index >= 15 is 0 Å². The molecule has 5 aromatic carbocycles. The minimum atomic E-state index is -3.39. The molecule has 7 heterocycles. The summed E-state index contributed by atoms with van der Waals surface area (Å²) in [6.45, 7) is 0. The van der Waals surface area contributed by atoms with Crippen molar-refractivity contribution in [3.05, 3.63) is 198 Å². The Morgan fingerprint density at radius 3 is 1.30 bits per heavy atom. The number of anilines is 12. The molecule has 109 heavy (non-hydrogen) atoms. The molecular formula is C63H67Cl8FN20O10S7. The maximum Gasteiger partial charge on any atom is 0.232 e. The summed E-state index contributed by atoms with van der Waals surface area (Å²) >= 11 is 48.3. The van der Waals surface area contributed by atoms with E-state index in [0.29, 0.717) is 78.3 Å². The Hall–Kier alpha value is -8.32. The topological polar surface area (TPSA) is 418 Å². The summed E-state index contributed by atoms with van der Waals surface area (Å²) in [5.41, 5.74) is 23.7. The van der Waals surface area contributed by atoms with E-state index in [9.17, 15) is 46.5 Å². The van der Waals surface area contributed by atoms with Gasteiger partial charge >= 0.3 is 0 Å². The second-order valence-electron chi connectivity index (χ2n) is 21.6. The van der Waals surface area contributed by atoms with Crippen molar-refractivity contribution in [2.45, 2.75) is 7.43 Å². The number of halogens is 9. The van der Waals surface area contributed by atoms with Gasteiger partial charge in [0.2, 0.25) is 71.3 Å². The molecule has 8 N–H and O–H groups in total. The van der Waals surface area contributed by atoms with Gasteiger partial charge in [-0.1, -0.05) is 90.2 Å². The lowest BCUT2D eigenvalue weighted by Gasteiger charge is -2.20. The van der Waals surface area contributed by atoms with Crippen molar-refractivity contribution < 1.29 is 46.5 Å². The average Bonchev–Trinajstić information content (AvgIpc) is 1.79. The Morgan fingerprint density at radius 1 is 0.394 bits per heavy atom. The second-order valence-corrected chi connectivity index (χ2v) is 36.4. The van der Waals surface area contributed by atoms with E-state index < -0.39 is 55.9 Å². The van der Waals surface area contributed by atoms with E-state index in [0.717, 1.165) is 81.1 Å². The number of aromatic nitrogens is 10. The average molecular weight is 1790 g/mol. The van der Waals surface area contributed by atoms with Crippen molar-refractivity contribution in [3.63, 3.8) is 0 Å². The van der Waals surface area contributed by atoms with Gasteiger partial charge in [0.1, 0.15) is 22.0 Å². The quantitative estimate of drug-likeness (QED) is 0.0383. The fourth-order valence-electron chi connectivity index (χ4n) is 8.28. The first-order valence-corrected chi connectivity index (χ1v) is 43.6. The smallest absolute Gasteiger partial charge is 0.232 e. The molecule has 0 radical (unpaired) electrons. The summed E-state index contributed by atoms with van der Waals surface area (Å²) in [4.78, 5) is 39.3. The van der Waals surface area contributed by atoms with E-state index in [4.69, 9.17) is 110 Å². The number of nitrogens with zero attached hydrogens (tertiary/aromatic N) is 15. The van der Waals surface area contributed by atoms with Gasteiger partial charge in [-0.2, -0.15) is 9.97 Å². The molecule has 46 heteroatoms. The summed E-state index contributed by atoms with van der Waals surface area (Å²) in [5, 5.41) is 11.6. The van der Waals surface area contributed by atoms with Crippen molar-refractivity contribution in [2.75, 3.05) is 116 Å². The van der Waals surface area contributed by atoms with Crippen LogP contribution in [0, 0.1) is 5.82 Å². The monoisotopic (exact) mass is 1790 g/mol. The minimum Gasteiger partial charge on any atom is -0.397 e. The number of para-hydroxylation sites is 6. The fraction of sp³-hybridized carbons (Fsp3) is 0.175. The number of hydrogen-bond acceptors (Lipinski definition) is 27. The Balaban J connectivity index is 0.000000232. The number of benzene rings is 5. The maximum atomic E-state index is 12.7. The fourth-order valence-corrected chi connectivity index (χ4v) is 13.7. The number of fused-ring (bicyclic) bond motifs is 3. The Bertz CT molecular complexity index is 5800. The molecule has 0 aliphatic carbocycles. The molecule has 0 bridgehead atoms. The van der Waals surface area contributed by atoms with Crippen LogP contribution < -0.4 is 49.4 Å². The number of sulfonamides is 5. The van der Waals surface area contributed by atoms with Crippen molar-refractivity contribution in [1.29, 1.82) is 0 Å². The third kappa shape index (κ3) is 26.4. The standard InChI is InChI=1S/C14H13ClN4O2S2.C12H12Cl2N4O2S.C10H12N4O2S.C8H11FN2O2S.C8H12N2O2S.C6H2Cl2N2S.C4HCl3N2.CH4/c1-19(23(2,20)21)11-6-4-3-5-9(11)16-13-12-10(7-8-22-12)17-14(15)18-13;1-18(21(2,19)20)10-6-4-3-5-9(10)16-11-8(13)7-15-12(14)17-11;1-14(17(2,15)16)10-7(11)3-4-8-9(10)13-6-5-12-8;1-11(14(2,12)13)8-4-3-6(9)5-7(8)10;1-10(13(2,11)12)8-6-4-3-5-7(8)9;7-5-4-3(1-2-11-4)9-6(8)10-5;5-2-1-8-4(7)9-3(2)6;/h3-8H,1-2H3,(H,16,17,18);3-7H,1-2H3,(H,15,16,17);3-6H,11H2,1-2H3;3-5H,10H2,1-2H3;3-6H,9H2,1-2H3;1-2H;1H;1H4. The molecule has 0 unspecified atom stereocenters. The van der Waals surface area contributed by atoms with E-state index in [1.54, 1.807) is 85.1 Å². The molecule has 12 aromatic rings. The highest BCUT2D eigenvalue weighted by Crippen LogP contribution is 2.36. The lowest BCUT2D eigenvalue weighted by molar-refractivity contribution is 0.598. The summed E-state index contributed by atoms with van der Waals surface area (Å²) < 4.78 is 135. The van der Waals surface area contributed by atoms with Gasteiger partial charge < -0.3 is 27.8 Å². The van der Waals surface area contributed by atoms with Crippen molar-refractivity contribution >= 4 is 266 Å². The molecule has 584 valence electrons. The molecule has 0 amide bonds. The van der Waals surface area contributed by atoms with Crippen LogP contribution in [0.15, 0.2) is 151 Å². The van der Waals surface area contributed by atoms with E-state index in [1.807, 2.05) is 29.0 Å². The molecule has 30 nitrogen and oxygen atoms in total. The molecule has 0 fully saturated rings. The number of rotatable bonds is 14. The van der Waals surface area contributed by atoms with Crippen LogP contribution >= 0.6 is 115 Å². The molecule has 0 spiro atoms. The molecule has 0 aliphatic rings. The van der Waals surface area contributed by atoms with E-state index in [1.165, 1.54) is 86.9 Å². The van der Waals surface area contributed by atoms with Gasteiger partial charge in [0.05, 0.1) is 126 Å². The minimum absolute atomic E-state index is 0. The Kier molecular flexibility index (Phi) is 33.1. The van der Waals surface area contributed by atoms with Crippen molar-refractivity contribution in [2.24, 2.45) is 0 Å². The Morgan fingerprint density at radius 2 is 0.807 bits per heavy atom. The summed E-state index contributed by atoms with van der Waals surface area (Å²) in [6, 6.07) is 31.4. The number of hydrogen-bond donors (Lipinski definition) is 5. The van der Waals surface area contributed by atoms with Crippen LogP contribution in [0.4, 0.5) is 72.9 Å². The highest BCUT2D eigenvalue weighted by atomic mass is 35.5. The zero-order chi connectivity index (χ0) is 80.6. The van der Waals surface area contributed by atoms with E-state index in [-0.39, 0.29) is 50.1 Å². The number of nitrogen functional groups attached to an aromatic ring is 3. The number of thiophene rings is 2.